The Morgan fingerprint density at radius 1 is 1.00 bits per heavy atom. The predicted octanol–water partition coefficient (Wildman–Crippen LogP) is 2.14. The van der Waals surface area contributed by atoms with E-state index in [1.165, 1.54) is 12.4 Å². The van der Waals surface area contributed by atoms with Crippen LogP contribution in [0.5, 0.6) is 0 Å². The maximum absolute atomic E-state index is 12.9. The molecular formula is C10H6F3N3. The van der Waals surface area contributed by atoms with Crippen LogP contribution in [-0.2, 0) is 0 Å². The molecule has 3 nitrogen and oxygen atoms in total. The molecule has 0 aliphatic carbocycles. The van der Waals surface area contributed by atoms with Gasteiger partial charge in [0.05, 0.1) is 18.1 Å². The molecule has 1 aromatic heterocycles. The number of halogens is 3. The maximum Gasteiger partial charge on any atom is 0.194 e. The highest BCUT2D eigenvalue weighted by atomic mass is 19.2. The minimum Gasteiger partial charge on any atom is -0.382 e. The fraction of sp³-hybridized carbons (Fsp3) is 0. The third kappa shape index (κ3) is 1.81. The van der Waals surface area contributed by atoms with Gasteiger partial charge in [0.25, 0.3) is 0 Å². The Kier molecular flexibility index (Phi) is 2.47. The molecule has 0 fully saturated rings. The van der Waals surface area contributed by atoms with Crippen LogP contribution in [0.3, 0.4) is 0 Å². The first-order valence-electron chi connectivity index (χ1n) is 4.30. The summed E-state index contributed by atoms with van der Waals surface area (Å²) in [7, 11) is 0. The van der Waals surface area contributed by atoms with Crippen LogP contribution in [0.2, 0.25) is 0 Å². The molecule has 0 atom stereocenters. The van der Waals surface area contributed by atoms with E-state index in [9.17, 15) is 13.2 Å². The molecule has 0 bridgehead atoms. The summed E-state index contributed by atoms with van der Waals surface area (Å²) in [5, 5.41) is 0. The summed E-state index contributed by atoms with van der Waals surface area (Å²) in [6.07, 6.45) is 2.57. The second-order valence-electron chi connectivity index (χ2n) is 3.08. The number of rotatable bonds is 1. The zero-order valence-corrected chi connectivity index (χ0v) is 7.92. The summed E-state index contributed by atoms with van der Waals surface area (Å²) in [5.41, 5.74) is 5.63. The van der Waals surface area contributed by atoms with E-state index in [0.29, 0.717) is 0 Å². The normalized spacial score (nSPS) is 10.4. The third-order valence-corrected chi connectivity index (χ3v) is 1.93. The minimum absolute atomic E-state index is 0.0798. The molecule has 0 unspecified atom stereocenters. The van der Waals surface area contributed by atoms with Crippen molar-refractivity contribution in [2.45, 2.75) is 0 Å². The SMILES string of the molecule is Nc1cncc(-c2cc(F)c(F)c(F)c2)n1. The second-order valence-corrected chi connectivity index (χ2v) is 3.08. The van der Waals surface area contributed by atoms with E-state index in [1.807, 2.05) is 0 Å². The van der Waals surface area contributed by atoms with Gasteiger partial charge in [-0.1, -0.05) is 0 Å². The molecule has 0 amide bonds. The van der Waals surface area contributed by atoms with Gasteiger partial charge in [-0.3, -0.25) is 4.98 Å². The van der Waals surface area contributed by atoms with Crippen LogP contribution in [0.1, 0.15) is 0 Å². The van der Waals surface area contributed by atoms with Crippen molar-refractivity contribution in [2.24, 2.45) is 0 Å². The number of benzene rings is 1. The Labute approximate surface area is 88.8 Å². The van der Waals surface area contributed by atoms with Crippen LogP contribution in [0, 0.1) is 17.5 Å². The van der Waals surface area contributed by atoms with Crippen molar-refractivity contribution in [3.05, 3.63) is 42.0 Å². The van der Waals surface area contributed by atoms with Crippen LogP contribution in [0.4, 0.5) is 19.0 Å². The highest BCUT2D eigenvalue weighted by Gasteiger charge is 2.12. The van der Waals surface area contributed by atoms with Crippen molar-refractivity contribution < 1.29 is 13.2 Å². The van der Waals surface area contributed by atoms with Gasteiger partial charge in [-0.2, -0.15) is 0 Å². The van der Waals surface area contributed by atoms with Crippen molar-refractivity contribution in [3.8, 4) is 11.3 Å². The second kappa shape index (κ2) is 3.80. The number of nitrogen functional groups attached to an aromatic ring is 1. The van der Waals surface area contributed by atoms with Gasteiger partial charge in [-0.25, -0.2) is 18.2 Å². The number of nitrogens with zero attached hydrogens (tertiary/aromatic N) is 2. The first-order valence-corrected chi connectivity index (χ1v) is 4.30. The smallest absolute Gasteiger partial charge is 0.194 e. The van der Waals surface area contributed by atoms with E-state index in [-0.39, 0.29) is 17.1 Å². The summed E-state index contributed by atoms with van der Waals surface area (Å²) < 4.78 is 38.6. The molecule has 0 aliphatic rings. The van der Waals surface area contributed by atoms with Crippen LogP contribution >= 0.6 is 0 Å². The largest absolute Gasteiger partial charge is 0.382 e. The lowest BCUT2D eigenvalue weighted by Gasteiger charge is -2.02. The fourth-order valence-corrected chi connectivity index (χ4v) is 1.22. The third-order valence-electron chi connectivity index (χ3n) is 1.93. The molecule has 0 saturated carbocycles. The van der Waals surface area contributed by atoms with Gasteiger partial charge in [0.15, 0.2) is 17.5 Å². The van der Waals surface area contributed by atoms with Crippen LogP contribution in [-0.4, -0.2) is 9.97 Å². The van der Waals surface area contributed by atoms with Crippen molar-refractivity contribution in [2.75, 3.05) is 5.73 Å². The van der Waals surface area contributed by atoms with E-state index in [4.69, 9.17) is 5.73 Å². The van der Waals surface area contributed by atoms with Crippen molar-refractivity contribution in [1.82, 2.24) is 9.97 Å². The van der Waals surface area contributed by atoms with Crippen molar-refractivity contribution >= 4 is 5.82 Å². The van der Waals surface area contributed by atoms with E-state index in [2.05, 4.69) is 9.97 Å². The highest BCUT2D eigenvalue weighted by Crippen LogP contribution is 2.21. The Bertz CT molecular complexity index is 520. The summed E-state index contributed by atoms with van der Waals surface area (Å²) in [6.45, 7) is 0. The number of hydrogen-bond acceptors (Lipinski definition) is 3. The van der Waals surface area contributed by atoms with Gasteiger partial charge in [0.2, 0.25) is 0 Å². The van der Waals surface area contributed by atoms with E-state index in [1.54, 1.807) is 0 Å². The Morgan fingerprint density at radius 2 is 1.62 bits per heavy atom. The standard InChI is InChI=1S/C10H6F3N3/c11-6-1-5(2-7(12)10(6)13)8-3-15-4-9(14)16-8/h1-4H,(H2,14,16). The van der Waals surface area contributed by atoms with Crippen LogP contribution < -0.4 is 5.73 Å². The first-order chi connectivity index (χ1) is 7.58. The fourth-order valence-electron chi connectivity index (χ4n) is 1.22. The highest BCUT2D eigenvalue weighted by molar-refractivity contribution is 5.59. The average Bonchev–Trinajstić information content (AvgIpc) is 2.25. The van der Waals surface area contributed by atoms with Crippen molar-refractivity contribution in [1.29, 1.82) is 0 Å². The lowest BCUT2D eigenvalue weighted by atomic mass is 10.1. The summed E-state index contributed by atoms with van der Waals surface area (Å²) in [4.78, 5) is 7.53. The van der Waals surface area contributed by atoms with E-state index < -0.39 is 17.5 Å². The number of aromatic nitrogens is 2. The number of hydrogen-bond donors (Lipinski definition) is 1. The molecular weight excluding hydrogens is 219 g/mol. The van der Waals surface area contributed by atoms with Gasteiger partial charge in [0.1, 0.15) is 5.82 Å². The molecule has 1 heterocycles. The van der Waals surface area contributed by atoms with Gasteiger partial charge >= 0.3 is 0 Å². The minimum atomic E-state index is -1.51. The van der Waals surface area contributed by atoms with Gasteiger partial charge in [-0.15, -0.1) is 0 Å². The average molecular weight is 225 g/mol. The Balaban J connectivity index is 2.57. The molecule has 0 spiro atoms. The van der Waals surface area contributed by atoms with Crippen molar-refractivity contribution in [3.63, 3.8) is 0 Å². The van der Waals surface area contributed by atoms with E-state index in [0.717, 1.165) is 12.1 Å². The Morgan fingerprint density at radius 3 is 2.19 bits per heavy atom. The molecule has 1 aromatic carbocycles. The van der Waals surface area contributed by atoms with E-state index >= 15 is 0 Å². The number of nitrogens with two attached hydrogens (primary N) is 1. The molecule has 0 saturated heterocycles. The summed E-state index contributed by atoms with van der Waals surface area (Å²) in [5.74, 6) is -3.96. The Hall–Kier alpha value is -2.11. The molecule has 2 rings (SSSR count). The predicted molar refractivity (Wildman–Crippen MR) is 51.8 cm³/mol. The molecule has 0 aliphatic heterocycles. The lowest BCUT2D eigenvalue weighted by Crippen LogP contribution is -1.96. The summed E-state index contributed by atoms with van der Waals surface area (Å²) >= 11 is 0. The number of anilines is 1. The molecule has 82 valence electrons. The van der Waals surface area contributed by atoms with Crippen LogP contribution in [0.15, 0.2) is 24.5 Å². The van der Waals surface area contributed by atoms with Crippen LogP contribution in [0.25, 0.3) is 11.3 Å². The molecule has 2 N–H and O–H groups in total. The zero-order chi connectivity index (χ0) is 11.7. The molecule has 2 aromatic rings. The zero-order valence-electron chi connectivity index (χ0n) is 7.92. The first kappa shape index (κ1) is 10.4. The molecule has 6 heteroatoms. The molecule has 0 radical (unpaired) electrons. The maximum atomic E-state index is 12.9. The quantitative estimate of drug-likeness (QED) is 0.756. The topological polar surface area (TPSA) is 51.8 Å². The van der Waals surface area contributed by atoms with Gasteiger partial charge in [0, 0.05) is 5.56 Å². The summed E-state index contributed by atoms with van der Waals surface area (Å²) in [6, 6.07) is 1.67. The monoisotopic (exact) mass is 225 g/mol. The van der Waals surface area contributed by atoms with Gasteiger partial charge in [-0.05, 0) is 12.1 Å². The molecule has 16 heavy (non-hydrogen) atoms. The van der Waals surface area contributed by atoms with Gasteiger partial charge < -0.3 is 5.73 Å². The lowest BCUT2D eigenvalue weighted by molar-refractivity contribution is 0.447.